The van der Waals surface area contributed by atoms with Crippen molar-refractivity contribution in [1.29, 1.82) is 0 Å². The highest BCUT2D eigenvalue weighted by Crippen LogP contribution is 2.21. The Bertz CT molecular complexity index is 434. The Balaban J connectivity index is 1.96. The molecule has 1 aliphatic heterocycles. The molecule has 0 saturated carbocycles. The topological polar surface area (TPSA) is 61.4 Å². The summed E-state index contributed by atoms with van der Waals surface area (Å²) in [5.74, 6) is 0.0424. The molecule has 4 heteroatoms. The van der Waals surface area contributed by atoms with Crippen LogP contribution in [0.1, 0.15) is 31.7 Å². The summed E-state index contributed by atoms with van der Waals surface area (Å²) in [5.41, 5.74) is 2.13. The molecule has 1 aromatic carbocycles. The van der Waals surface area contributed by atoms with Gasteiger partial charge in [0.25, 0.3) is 0 Å². The first-order chi connectivity index (χ1) is 9.20. The number of carbonyl (C=O) groups excluding carboxylic acids is 1. The van der Waals surface area contributed by atoms with E-state index in [1.807, 2.05) is 18.2 Å². The number of para-hydroxylation sites is 1. The van der Waals surface area contributed by atoms with Crippen LogP contribution < -0.4 is 10.6 Å². The van der Waals surface area contributed by atoms with Gasteiger partial charge in [-0.2, -0.15) is 0 Å². The standard InChI is InChI=1S/C15H22N2O2/c1-11(5-4-10-18)16-14-9-8-12-6-2-3-7-13(12)17-15(14)19/h2-3,6-7,11,14,16,18H,4-5,8-10H2,1H3,(H,17,19). The third kappa shape index (κ3) is 3.78. The van der Waals surface area contributed by atoms with E-state index in [1.165, 1.54) is 5.56 Å². The minimum atomic E-state index is -0.152. The molecule has 0 bridgehead atoms. The molecule has 2 unspecified atom stereocenters. The van der Waals surface area contributed by atoms with Crippen molar-refractivity contribution in [2.24, 2.45) is 0 Å². The number of hydrogen-bond acceptors (Lipinski definition) is 3. The molecule has 4 nitrogen and oxygen atoms in total. The largest absolute Gasteiger partial charge is 0.396 e. The number of anilines is 1. The number of aliphatic hydroxyl groups is 1. The van der Waals surface area contributed by atoms with Crippen LogP contribution >= 0.6 is 0 Å². The zero-order chi connectivity index (χ0) is 13.7. The minimum Gasteiger partial charge on any atom is -0.396 e. The highest BCUT2D eigenvalue weighted by Gasteiger charge is 2.24. The van der Waals surface area contributed by atoms with E-state index in [2.05, 4.69) is 23.6 Å². The summed E-state index contributed by atoms with van der Waals surface area (Å²) in [4.78, 5) is 12.2. The van der Waals surface area contributed by atoms with E-state index in [0.717, 1.165) is 31.4 Å². The van der Waals surface area contributed by atoms with Crippen molar-refractivity contribution in [2.75, 3.05) is 11.9 Å². The van der Waals surface area contributed by atoms with E-state index in [0.29, 0.717) is 0 Å². The van der Waals surface area contributed by atoms with Crippen molar-refractivity contribution in [1.82, 2.24) is 5.32 Å². The van der Waals surface area contributed by atoms with Crippen molar-refractivity contribution in [2.45, 2.75) is 44.7 Å². The molecule has 2 rings (SSSR count). The van der Waals surface area contributed by atoms with Crippen LogP contribution in [0.4, 0.5) is 5.69 Å². The Labute approximate surface area is 114 Å². The summed E-state index contributed by atoms with van der Waals surface area (Å²) in [6.07, 6.45) is 3.36. The summed E-state index contributed by atoms with van der Waals surface area (Å²) in [7, 11) is 0. The molecular formula is C15H22N2O2. The normalized spacial score (nSPS) is 20.3. The lowest BCUT2D eigenvalue weighted by molar-refractivity contribution is -0.118. The molecule has 1 aliphatic rings. The lowest BCUT2D eigenvalue weighted by Crippen LogP contribution is -2.44. The summed E-state index contributed by atoms with van der Waals surface area (Å²) < 4.78 is 0. The van der Waals surface area contributed by atoms with Gasteiger partial charge in [0.05, 0.1) is 6.04 Å². The van der Waals surface area contributed by atoms with Crippen LogP contribution in [0.3, 0.4) is 0 Å². The average Bonchev–Trinajstić information content (AvgIpc) is 2.56. The highest BCUT2D eigenvalue weighted by atomic mass is 16.2. The molecule has 0 saturated heterocycles. The molecule has 3 N–H and O–H groups in total. The molecule has 0 radical (unpaired) electrons. The van der Waals surface area contributed by atoms with Crippen molar-refractivity contribution in [3.8, 4) is 0 Å². The number of fused-ring (bicyclic) bond motifs is 1. The zero-order valence-corrected chi connectivity index (χ0v) is 11.4. The maximum absolute atomic E-state index is 12.2. The minimum absolute atomic E-state index is 0.0424. The monoisotopic (exact) mass is 262 g/mol. The number of aryl methyl sites for hydroxylation is 1. The van der Waals surface area contributed by atoms with Crippen LogP contribution in [0.25, 0.3) is 0 Å². The lowest BCUT2D eigenvalue weighted by Gasteiger charge is -2.20. The molecule has 0 aliphatic carbocycles. The van der Waals surface area contributed by atoms with E-state index in [-0.39, 0.29) is 24.6 Å². The van der Waals surface area contributed by atoms with Gasteiger partial charge in [-0.25, -0.2) is 0 Å². The predicted molar refractivity (Wildman–Crippen MR) is 76.1 cm³/mol. The van der Waals surface area contributed by atoms with Gasteiger partial charge < -0.3 is 15.7 Å². The molecule has 104 valence electrons. The van der Waals surface area contributed by atoms with E-state index < -0.39 is 0 Å². The second-order valence-corrected chi connectivity index (χ2v) is 5.17. The van der Waals surface area contributed by atoms with E-state index in [1.54, 1.807) is 0 Å². The number of rotatable bonds is 5. The number of aliphatic hydroxyl groups excluding tert-OH is 1. The van der Waals surface area contributed by atoms with Crippen molar-refractivity contribution in [3.63, 3.8) is 0 Å². The van der Waals surface area contributed by atoms with Crippen LogP contribution in [0.5, 0.6) is 0 Å². The summed E-state index contributed by atoms with van der Waals surface area (Å²) in [6, 6.07) is 8.04. The number of hydrogen-bond donors (Lipinski definition) is 3. The third-order valence-electron chi connectivity index (χ3n) is 3.58. The molecule has 1 aromatic rings. The van der Waals surface area contributed by atoms with E-state index in [9.17, 15) is 4.79 Å². The number of benzene rings is 1. The highest BCUT2D eigenvalue weighted by molar-refractivity contribution is 5.96. The van der Waals surface area contributed by atoms with Gasteiger partial charge in [-0.3, -0.25) is 4.79 Å². The second-order valence-electron chi connectivity index (χ2n) is 5.17. The number of nitrogens with one attached hydrogen (secondary N) is 2. The number of carbonyl (C=O) groups is 1. The van der Waals surface area contributed by atoms with Gasteiger partial charge in [-0.15, -0.1) is 0 Å². The quantitative estimate of drug-likeness (QED) is 0.757. The Kier molecular flexibility index (Phi) is 4.93. The van der Waals surface area contributed by atoms with Crippen molar-refractivity contribution >= 4 is 11.6 Å². The second kappa shape index (κ2) is 6.68. The Morgan fingerprint density at radius 1 is 1.47 bits per heavy atom. The smallest absolute Gasteiger partial charge is 0.241 e. The zero-order valence-electron chi connectivity index (χ0n) is 11.4. The van der Waals surface area contributed by atoms with Crippen LogP contribution in [-0.2, 0) is 11.2 Å². The molecule has 1 amide bonds. The molecule has 1 heterocycles. The SMILES string of the molecule is CC(CCCO)NC1CCc2ccccc2NC1=O. The van der Waals surface area contributed by atoms with Crippen LogP contribution in [0, 0.1) is 0 Å². The van der Waals surface area contributed by atoms with Crippen molar-refractivity contribution < 1.29 is 9.90 Å². The maximum Gasteiger partial charge on any atom is 0.241 e. The summed E-state index contributed by atoms with van der Waals surface area (Å²) >= 11 is 0. The first-order valence-corrected chi connectivity index (χ1v) is 6.96. The fraction of sp³-hybridized carbons (Fsp3) is 0.533. The molecule has 2 atom stereocenters. The molecule has 19 heavy (non-hydrogen) atoms. The molecule has 0 aromatic heterocycles. The molecular weight excluding hydrogens is 240 g/mol. The predicted octanol–water partition coefficient (Wildman–Crippen LogP) is 1.69. The maximum atomic E-state index is 12.2. The van der Waals surface area contributed by atoms with Gasteiger partial charge in [-0.05, 0) is 44.2 Å². The van der Waals surface area contributed by atoms with Crippen LogP contribution in [-0.4, -0.2) is 29.7 Å². The van der Waals surface area contributed by atoms with Gasteiger partial charge in [0.15, 0.2) is 0 Å². The number of amides is 1. The fourth-order valence-electron chi connectivity index (χ4n) is 2.49. The fourth-order valence-corrected chi connectivity index (χ4v) is 2.49. The van der Waals surface area contributed by atoms with Gasteiger partial charge >= 0.3 is 0 Å². The molecule has 0 fully saturated rings. The Hall–Kier alpha value is -1.39. The summed E-state index contributed by atoms with van der Waals surface area (Å²) in [5, 5.41) is 15.2. The summed E-state index contributed by atoms with van der Waals surface area (Å²) in [6.45, 7) is 2.26. The van der Waals surface area contributed by atoms with Gasteiger partial charge in [0.2, 0.25) is 5.91 Å². The Morgan fingerprint density at radius 3 is 3.05 bits per heavy atom. The van der Waals surface area contributed by atoms with Crippen LogP contribution in [0.2, 0.25) is 0 Å². The first kappa shape index (κ1) is 14.0. The first-order valence-electron chi connectivity index (χ1n) is 6.96. The van der Waals surface area contributed by atoms with Crippen LogP contribution in [0.15, 0.2) is 24.3 Å². The lowest BCUT2D eigenvalue weighted by atomic mass is 10.0. The van der Waals surface area contributed by atoms with Crippen molar-refractivity contribution in [3.05, 3.63) is 29.8 Å². The average molecular weight is 262 g/mol. The van der Waals surface area contributed by atoms with E-state index in [4.69, 9.17) is 5.11 Å². The van der Waals surface area contributed by atoms with E-state index >= 15 is 0 Å². The van der Waals surface area contributed by atoms with Gasteiger partial charge in [0.1, 0.15) is 0 Å². The van der Waals surface area contributed by atoms with Gasteiger partial charge in [-0.1, -0.05) is 18.2 Å². The Morgan fingerprint density at radius 2 is 2.26 bits per heavy atom. The molecule has 0 spiro atoms. The third-order valence-corrected chi connectivity index (χ3v) is 3.58. The van der Waals surface area contributed by atoms with Gasteiger partial charge in [0, 0.05) is 18.3 Å².